The number of phenolic OH excluding ortho intramolecular Hbond substituents is 1. The summed E-state index contributed by atoms with van der Waals surface area (Å²) in [6.45, 7) is 5.40. The van der Waals surface area contributed by atoms with E-state index in [1.54, 1.807) is 20.8 Å². The molecule has 0 spiro atoms. The minimum atomic E-state index is -4.52. The van der Waals surface area contributed by atoms with Gasteiger partial charge in [0, 0.05) is 35.2 Å². The molecule has 0 bridgehead atoms. The lowest BCUT2D eigenvalue weighted by molar-refractivity contribution is -0.137. The summed E-state index contributed by atoms with van der Waals surface area (Å²) in [4.78, 5) is 16.4. The van der Waals surface area contributed by atoms with Gasteiger partial charge in [0.2, 0.25) is 5.96 Å². The topological polar surface area (TPSA) is 126 Å². The van der Waals surface area contributed by atoms with Gasteiger partial charge in [-0.05, 0) is 51.1 Å². The number of alkyl halides is 3. The molecule has 0 aliphatic heterocycles. The quantitative estimate of drug-likeness (QED) is 0.198. The number of nitrogens with two attached hydrogens (primary N) is 2. The minimum absolute atomic E-state index is 0.0155. The van der Waals surface area contributed by atoms with Gasteiger partial charge < -0.3 is 27.2 Å². The molecule has 0 saturated carbocycles. The first-order chi connectivity index (χ1) is 15.2. The van der Waals surface area contributed by atoms with E-state index in [1.807, 2.05) is 0 Å². The molecule has 0 aromatic heterocycles. The zero-order valence-electron chi connectivity index (χ0n) is 18.4. The molecular weight excluding hydrogens is 442 g/mol. The number of aliphatic imine (C=N–C) groups is 1. The van der Waals surface area contributed by atoms with Crippen LogP contribution in [0.5, 0.6) is 5.75 Å². The van der Waals surface area contributed by atoms with E-state index >= 15 is 0 Å². The molecule has 7 nitrogen and oxygen atoms in total. The lowest BCUT2D eigenvalue weighted by atomic mass is 10.0. The lowest BCUT2D eigenvalue weighted by Gasteiger charge is -2.27. The van der Waals surface area contributed by atoms with Crippen LogP contribution in [-0.4, -0.2) is 28.7 Å². The van der Waals surface area contributed by atoms with E-state index in [0.717, 1.165) is 30.3 Å². The molecule has 0 aliphatic carbocycles. The third-order valence-electron chi connectivity index (χ3n) is 4.38. The van der Waals surface area contributed by atoms with Crippen molar-refractivity contribution in [2.45, 2.75) is 51.1 Å². The van der Waals surface area contributed by atoms with E-state index in [9.17, 15) is 27.5 Å². The summed E-state index contributed by atoms with van der Waals surface area (Å²) in [7, 11) is 0. The molecule has 2 aromatic carbocycles. The van der Waals surface area contributed by atoms with Gasteiger partial charge in [-0.1, -0.05) is 6.07 Å². The van der Waals surface area contributed by atoms with Crippen LogP contribution in [0.2, 0.25) is 0 Å². The number of benzene rings is 2. The van der Waals surface area contributed by atoms with E-state index in [1.165, 1.54) is 12.1 Å². The van der Waals surface area contributed by atoms with Crippen LogP contribution in [0.1, 0.15) is 54.7 Å². The summed E-state index contributed by atoms with van der Waals surface area (Å²) in [6, 6.07) is 6.42. The predicted octanol–water partition coefficient (Wildman–Crippen LogP) is 3.40. The standard InChI is InChI=1S/C22H27F4N5O2/c1-21(2,3)31-20(30-19(33)12-4-6-13(7-5-12)22(24,25)26)29-18(28)11-17(27)15-9-8-14(32)10-16(15)23/h4-10,17-18,32H,11,27-28H2,1-3H3,(H2,29,30,31,33). The molecule has 0 heterocycles. The van der Waals surface area contributed by atoms with Gasteiger partial charge in [-0.25, -0.2) is 4.39 Å². The number of hydrogen-bond acceptors (Lipinski definition) is 4. The maximum Gasteiger partial charge on any atom is 0.416 e. The normalized spacial score (nSPS) is 14.5. The number of aromatic hydroxyl groups is 1. The molecule has 0 aliphatic rings. The average Bonchev–Trinajstić information content (AvgIpc) is 2.65. The molecule has 2 rings (SSSR count). The van der Waals surface area contributed by atoms with Crippen LogP contribution < -0.4 is 22.1 Å². The summed E-state index contributed by atoms with van der Waals surface area (Å²) in [5.41, 5.74) is 10.8. The lowest BCUT2D eigenvalue weighted by Crippen LogP contribution is -2.54. The summed E-state index contributed by atoms with van der Waals surface area (Å²) in [5.74, 6) is -1.73. The first kappa shape index (κ1) is 26.1. The molecule has 0 radical (unpaired) electrons. The van der Waals surface area contributed by atoms with E-state index in [0.29, 0.717) is 0 Å². The Balaban J connectivity index is 2.17. The highest BCUT2D eigenvalue weighted by molar-refractivity contribution is 6.02. The van der Waals surface area contributed by atoms with Crippen LogP contribution in [-0.2, 0) is 6.18 Å². The zero-order chi connectivity index (χ0) is 25.0. The van der Waals surface area contributed by atoms with Crippen molar-refractivity contribution in [1.82, 2.24) is 10.6 Å². The van der Waals surface area contributed by atoms with Crippen LogP contribution in [0, 0.1) is 5.82 Å². The van der Waals surface area contributed by atoms with Crippen molar-refractivity contribution in [2.75, 3.05) is 0 Å². The number of carbonyl (C=O) groups is 1. The molecule has 2 atom stereocenters. The Kier molecular flexibility index (Phi) is 8.04. The van der Waals surface area contributed by atoms with Crippen molar-refractivity contribution in [3.8, 4) is 5.75 Å². The fourth-order valence-electron chi connectivity index (χ4n) is 2.87. The first-order valence-corrected chi connectivity index (χ1v) is 10.0. The molecule has 33 heavy (non-hydrogen) atoms. The third kappa shape index (κ3) is 8.03. The highest BCUT2D eigenvalue weighted by Crippen LogP contribution is 2.29. The number of carbonyl (C=O) groups excluding carboxylic acids is 1. The molecule has 2 aromatic rings. The highest BCUT2D eigenvalue weighted by Gasteiger charge is 2.30. The highest BCUT2D eigenvalue weighted by atomic mass is 19.4. The van der Waals surface area contributed by atoms with Crippen LogP contribution in [0.25, 0.3) is 0 Å². The Labute approximate surface area is 188 Å². The second-order valence-corrected chi connectivity index (χ2v) is 8.51. The molecule has 7 N–H and O–H groups in total. The SMILES string of the molecule is CC(C)(C)N/C(=N/C(=O)c1ccc(C(F)(F)F)cc1)NC(N)CC(N)c1ccc(O)cc1F. The van der Waals surface area contributed by atoms with Gasteiger partial charge >= 0.3 is 6.18 Å². The number of phenols is 1. The summed E-state index contributed by atoms with van der Waals surface area (Å²) >= 11 is 0. The Morgan fingerprint density at radius 1 is 1.09 bits per heavy atom. The Bertz CT molecular complexity index is 1000. The Hall–Kier alpha value is -3.18. The molecule has 11 heteroatoms. The number of nitrogens with one attached hydrogen (secondary N) is 2. The van der Waals surface area contributed by atoms with Crippen molar-refractivity contribution in [1.29, 1.82) is 0 Å². The second kappa shape index (κ2) is 10.2. The Morgan fingerprint density at radius 3 is 2.21 bits per heavy atom. The number of halogens is 4. The second-order valence-electron chi connectivity index (χ2n) is 8.51. The van der Waals surface area contributed by atoms with Crippen LogP contribution in [0.15, 0.2) is 47.5 Å². The summed E-state index contributed by atoms with van der Waals surface area (Å²) < 4.78 is 52.3. The smallest absolute Gasteiger partial charge is 0.416 e. The zero-order valence-corrected chi connectivity index (χ0v) is 18.4. The van der Waals surface area contributed by atoms with Gasteiger partial charge in [0.15, 0.2) is 0 Å². The summed E-state index contributed by atoms with van der Waals surface area (Å²) in [6.07, 6.45) is -5.34. The molecule has 2 unspecified atom stereocenters. The fourth-order valence-corrected chi connectivity index (χ4v) is 2.87. The van der Waals surface area contributed by atoms with Gasteiger partial charge in [0.1, 0.15) is 11.6 Å². The molecule has 0 saturated heterocycles. The van der Waals surface area contributed by atoms with Gasteiger partial charge in [-0.3, -0.25) is 4.79 Å². The predicted molar refractivity (Wildman–Crippen MR) is 117 cm³/mol. The molecule has 0 fully saturated rings. The van der Waals surface area contributed by atoms with Crippen molar-refractivity contribution in [3.05, 3.63) is 65.0 Å². The largest absolute Gasteiger partial charge is 0.508 e. The van der Waals surface area contributed by atoms with E-state index in [2.05, 4.69) is 15.6 Å². The van der Waals surface area contributed by atoms with E-state index < -0.39 is 41.2 Å². The maximum atomic E-state index is 14.0. The third-order valence-corrected chi connectivity index (χ3v) is 4.38. The van der Waals surface area contributed by atoms with Crippen molar-refractivity contribution in [3.63, 3.8) is 0 Å². The van der Waals surface area contributed by atoms with Crippen LogP contribution in [0.3, 0.4) is 0 Å². The number of hydrogen-bond donors (Lipinski definition) is 5. The minimum Gasteiger partial charge on any atom is -0.508 e. The van der Waals surface area contributed by atoms with Gasteiger partial charge in [-0.15, -0.1) is 0 Å². The number of nitrogens with zero attached hydrogens (tertiary/aromatic N) is 1. The van der Waals surface area contributed by atoms with Gasteiger partial charge in [0.05, 0.1) is 11.7 Å². The van der Waals surface area contributed by atoms with Crippen LogP contribution in [0.4, 0.5) is 17.6 Å². The van der Waals surface area contributed by atoms with Crippen molar-refractivity contribution < 1.29 is 27.5 Å². The first-order valence-electron chi connectivity index (χ1n) is 10.0. The number of rotatable bonds is 5. The van der Waals surface area contributed by atoms with E-state index in [-0.39, 0.29) is 29.3 Å². The van der Waals surface area contributed by atoms with E-state index in [4.69, 9.17) is 11.5 Å². The molecular formula is C22H27F4N5O2. The van der Waals surface area contributed by atoms with Crippen molar-refractivity contribution >= 4 is 11.9 Å². The van der Waals surface area contributed by atoms with Crippen LogP contribution >= 0.6 is 0 Å². The van der Waals surface area contributed by atoms with Gasteiger partial charge in [-0.2, -0.15) is 18.2 Å². The summed E-state index contributed by atoms with van der Waals surface area (Å²) in [5, 5.41) is 15.1. The van der Waals surface area contributed by atoms with Gasteiger partial charge in [0.25, 0.3) is 5.91 Å². The monoisotopic (exact) mass is 469 g/mol. The average molecular weight is 469 g/mol. The fraction of sp³-hybridized carbons (Fsp3) is 0.364. The maximum absolute atomic E-state index is 14.0. The molecule has 180 valence electrons. The Morgan fingerprint density at radius 2 is 1.70 bits per heavy atom. The van der Waals surface area contributed by atoms with Crippen molar-refractivity contribution in [2.24, 2.45) is 16.5 Å². The number of guanidine groups is 1. The number of amides is 1. The molecule has 1 amide bonds.